The fourth-order valence-corrected chi connectivity index (χ4v) is 2.25. The first kappa shape index (κ1) is 13.5. The zero-order valence-corrected chi connectivity index (χ0v) is 12.4. The number of hydrogen-bond acceptors (Lipinski definition) is 3. The first-order chi connectivity index (χ1) is 9.97. The fraction of sp³-hybridized carbons (Fsp3) is 0.235. The van der Waals surface area contributed by atoms with Gasteiger partial charge in [0, 0.05) is 5.56 Å². The lowest BCUT2D eigenvalue weighted by molar-refractivity contribution is 0.0948. The monoisotopic (exact) mass is 279 g/mol. The first-order valence-electron chi connectivity index (χ1n) is 6.92. The molecule has 4 heteroatoms. The highest BCUT2D eigenvalue weighted by Crippen LogP contribution is 2.22. The van der Waals surface area contributed by atoms with E-state index in [2.05, 4.69) is 31.1 Å². The van der Waals surface area contributed by atoms with Crippen LogP contribution >= 0.6 is 0 Å². The molecule has 0 saturated heterocycles. The fourth-order valence-electron chi connectivity index (χ4n) is 2.25. The maximum atomic E-state index is 12.5. The molecule has 0 aliphatic rings. The number of hydrogen-bond donors (Lipinski definition) is 0. The summed E-state index contributed by atoms with van der Waals surface area (Å²) in [4.78, 5) is 12.5. The smallest absolute Gasteiger partial charge is 0.267 e. The van der Waals surface area contributed by atoms with Gasteiger partial charge in [-0.1, -0.05) is 50.3 Å². The van der Waals surface area contributed by atoms with Gasteiger partial charge >= 0.3 is 0 Å². The number of carbonyl (C=O) groups is 1. The molecule has 1 heterocycles. The maximum absolute atomic E-state index is 12.5. The third kappa shape index (κ3) is 2.44. The lowest BCUT2D eigenvalue weighted by Crippen LogP contribution is -2.15. The van der Waals surface area contributed by atoms with Gasteiger partial charge in [-0.2, -0.15) is 4.68 Å². The summed E-state index contributed by atoms with van der Waals surface area (Å²) < 4.78 is 1.35. The molecule has 3 rings (SSSR count). The molecule has 0 amide bonds. The summed E-state index contributed by atoms with van der Waals surface area (Å²) in [5, 5.41) is 7.97. The highest BCUT2D eigenvalue weighted by atomic mass is 16.2. The van der Waals surface area contributed by atoms with E-state index in [-0.39, 0.29) is 11.3 Å². The first-order valence-corrected chi connectivity index (χ1v) is 6.92. The van der Waals surface area contributed by atoms with E-state index in [0.29, 0.717) is 5.56 Å². The largest absolute Gasteiger partial charge is 0.280 e. The van der Waals surface area contributed by atoms with Gasteiger partial charge in [-0.05, 0) is 35.2 Å². The summed E-state index contributed by atoms with van der Waals surface area (Å²) >= 11 is 0. The number of benzene rings is 2. The van der Waals surface area contributed by atoms with Crippen LogP contribution in [-0.4, -0.2) is 20.9 Å². The maximum Gasteiger partial charge on any atom is 0.280 e. The van der Waals surface area contributed by atoms with Crippen LogP contribution in [0.1, 0.15) is 36.7 Å². The van der Waals surface area contributed by atoms with E-state index in [1.54, 1.807) is 0 Å². The molecule has 1 aromatic heterocycles. The van der Waals surface area contributed by atoms with Crippen LogP contribution in [0.15, 0.2) is 48.5 Å². The molecule has 0 aliphatic carbocycles. The van der Waals surface area contributed by atoms with E-state index >= 15 is 0 Å². The lowest BCUT2D eigenvalue weighted by atomic mass is 9.87. The van der Waals surface area contributed by atoms with Crippen molar-refractivity contribution in [3.8, 4) is 0 Å². The minimum atomic E-state index is -0.163. The predicted octanol–water partition coefficient (Wildman–Crippen LogP) is 3.42. The summed E-state index contributed by atoms with van der Waals surface area (Å²) in [6, 6.07) is 15.1. The van der Waals surface area contributed by atoms with E-state index in [1.165, 1.54) is 10.2 Å². The van der Waals surface area contributed by atoms with Crippen LogP contribution in [0.2, 0.25) is 0 Å². The lowest BCUT2D eigenvalue weighted by Gasteiger charge is -2.18. The molecule has 0 unspecified atom stereocenters. The van der Waals surface area contributed by atoms with Crippen molar-refractivity contribution in [1.82, 2.24) is 15.0 Å². The summed E-state index contributed by atoms with van der Waals surface area (Å²) in [6.07, 6.45) is 0. The summed E-state index contributed by atoms with van der Waals surface area (Å²) in [5.41, 5.74) is 3.32. The molecule has 106 valence electrons. The van der Waals surface area contributed by atoms with Crippen molar-refractivity contribution in [3.05, 3.63) is 59.7 Å². The Balaban J connectivity index is 1.99. The van der Waals surface area contributed by atoms with E-state index in [1.807, 2.05) is 48.5 Å². The zero-order valence-electron chi connectivity index (χ0n) is 12.4. The van der Waals surface area contributed by atoms with E-state index in [9.17, 15) is 4.79 Å². The van der Waals surface area contributed by atoms with Crippen LogP contribution in [0.5, 0.6) is 0 Å². The molecule has 3 aromatic rings. The van der Waals surface area contributed by atoms with Crippen LogP contribution in [0, 0.1) is 0 Å². The summed E-state index contributed by atoms with van der Waals surface area (Å²) in [6.45, 7) is 6.44. The van der Waals surface area contributed by atoms with Crippen LogP contribution in [-0.2, 0) is 5.41 Å². The molecular formula is C17H17N3O. The Labute approximate surface area is 123 Å². The predicted molar refractivity (Wildman–Crippen MR) is 82.4 cm³/mol. The van der Waals surface area contributed by atoms with Gasteiger partial charge < -0.3 is 0 Å². The van der Waals surface area contributed by atoms with E-state index in [0.717, 1.165) is 11.0 Å². The molecule has 0 saturated carbocycles. The topological polar surface area (TPSA) is 47.8 Å². The van der Waals surface area contributed by atoms with Gasteiger partial charge in [0.15, 0.2) is 0 Å². The number of carbonyl (C=O) groups excluding carboxylic acids is 1. The molecule has 4 nitrogen and oxygen atoms in total. The molecule has 0 bridgehead atoms. The molecule has 0 spiro atoms. The van der Waals surface area contributed by atoms with Crippen LogP contribution < -0.4 is 0 Å². The third-order valence-corrected chi connectivity index (χ3v) is 3.54. The quantitative estimate of drug-likeness (QED) is 0.685. The van der Waals surface area contributed by atoms with Gasteiger partial charge in [0.25, 0.3) is 5.91 Å². The average molecular weight is 279 g/mol. The van der Waals surface area contributed by atoms with Gasteiger partial charge in [-0.15, -0.1) is 5.10 Å². The minimum Gasteiger partial charge on any atom is -0.267 e. The second kappa shape index (κ2) is 4.81. The van der Waals surface area contributed by atoms with Crippen LogP contribution in [0.4, 0.5) is 0 Å². The summed E-state index contributed by atoms with van der Waals surface area (Å²) in [7, 11) is 0. The van der Waals surface area contributed by atoms with Crippen molar-refractivity contribution in [1.29, 1.82) is 0 Å². The molecule has 0 fully saturated rings. The second-order valence-corrected chi connectivity index (χ2v) is 6.12. The highest BCUT2D eigenvalue weighted by Gasteiger charge is 2.16. The van der Waals surface area contributed by atoms with Gasteiger partial charge in [-0.25, -0.2) is 0 Å². The molecule has 0 atom stereocenters. The standard InChI is InChI=1S/C17H17N3O/c1-17(2,3)13-10-8-12(9-11-13)16(21)20-15-7-5-4-6-14(15)18-19-20/h4-11H,1-3H3. The van der Waals surface area contributed by atoms with Crippen molar-refractivity contribution < 1.29 is 4.79 Å². The molecule has 0 N–H and O–H groups in total. The van der Waals surface area contributed by atoms with E-state index < -0.39 is 0 Å². The van der Waals surface area contributed by atoms with Crippen molar-refractivity contribution in [2.24, 2.45) is 0 Å². The normalized spacial score (nSPS) is 11.8. The average Bonchev–Trinajstić information content (AvgIpc) is 2.90. The molecule has 21 heavy (non-hydrogen) atoms. The number of aromatic nitrogens is 3. The number of rotatable bonds is 1. The van der Waals surface area contributed by atoms with Crippen molar-refractivity contribution in [2.75, 3.05) is 0 Å². The van der Waals surface area contributed by atoms with E-state index in [4.69, 9.17) is 0 Å². The number of nitrogens with zero attached hydrogens (tertiary/aromatic N) is 3. The van der Waals surface area contributed by atoms with Gasteiger partial charge in [0.05, 0.1) is 5.52 Å². The minimum absolute atomic E-state index is 0.0710. The number of para-hydroxylation sites is 1. The van der Waals surface area contributed by atoms with Crippen LogP contribution in [0.25, 0.3) is 11.0 Å². The highest BCUT2D eigenvalue weighted by molar-refractivity contribution is 6.00. The Morgan fingerprint density at radius 2 is 1.67 bits per heavy atom. The Morgan fingerprint density at radius 1 is 1.00 bits per heavy atom. The molecule has 0 radical (unpaired) electrons. The van der Waals surface area contributed by atoms with Crippen molar-refractivity contribution >= 4 is 16.9 Å². The van der Waals surface area contributed by atoms with Crippen molar-refractivity contribution in [3.63, 3.8) is 0 Å². The Kier molecular flexibility index (Phi) is 3.09. The number of fused-ring (bicyclic) bond motifs is 1. The van der Waals surface area contributed by atoms with Crippen LogP contribution in [0.3, 0.4) is 0 Å². The SMILES string of the molecule is CC(C)(C)c1ccc(C(=O)n2nnc3ccccc32)cc1. The van der Waals surface area contributed by atoms with Crippen molar-refractivity contribution in [2.45, 2.75) is 26.2 Å². The molecular weight excluding hydrogens is 262 g/mol. The van der Waals surface area contributed by atoms with Gasteiger partial charge in [0.2, 0.25) is 0 Å². The zero-order chi connectivity index (χ0) is 15.0. The third-order valence-electron chi connectivity index (χ3n) is 3.54. The van der Waals surface area contributed by atoms with Gasteiger partial charge in [0.1, 0.15) is 5.52 Å². The van der Waals surface area contributed by atoms with Gasteiger partial charge in [-0.3, -0.25) is 4.79 Å². The summed E-state index contributed by atoms with van der Waals surface area (Å²) in [5.74, 6) is -0.163. The molecule has 2 aromatic carbocycles. The Hall–Kier alpha value is -2.49. The Morgan fingerprint density at radius 3 is 2.33 bits per heavy atom. The molecule has 0 aliphatic heterocycles. The Bertz CT molecular complexity index is 795. The second-order valence-electron chi connectivity index (χ2n) is 6.12.